The molecule has 1 aliphatic rings. The van der Waals surface area contributed by atoms with E-state index in [9.17, 15) is 28.8 Å². The predicted molar refractivity (Wildman–Crippen MR) is 287 cm³/mol. The minimum Gasteiger partial charge on any atom is -0.454 e. The SMILES string of the molecule is CCCCCCCCC(=O)OC1C(OC(=O)CCCCCCCC)C(OC(=O)CCCCCCCC)C(OC(=O)CCCCCCCC)C(OC(=O)CCCCCCCC)C1OC(=O)CCCCCCCC. The first-order valence-electron chi connectivity index (χ1n) is 30.2. The van der Waals surface area contributed by atoms with E-state index >= 15 is 0 Å². The number of carbonyl (C=O) groups is 6. The van der Waals surface area contributed by atoms with Crippen molar-refractivity contribution in [1.82, 2.24) is 0 Å². The molecule has 0 saturated heterocycles. The second-order valence-electron chi connectivity index (χ2n) is 20.8. The summed E-state index contributed by atoms with van der Waals surface area (Å²) in [7, 11) is 0. The van der Waals surface area contributed by atoms with E-state index in [1.54, 1.807) is 0 Å². The summed E-state index contributed by atoms with van der Waals surface area (Å²) in [6, 6.07) is 0. The van der Waals surface area contributed by atoms with Gasteiger partial charge >= 0.3 is 35.8 Å². The number of rotatable bonds is 48. The molecule has 1 rings (SSSR count). The molecule has 0 unspecified atom stereocenters. The summed E-state index contributed by atoms with van der Waals surface area (Å²) in [5, 5.41) is 0. The molecule has 1 aliphatic carbocycles. The van der Waals surface area contributed by atoms with Gasteiger partial charge in [-0.25, -0.2) is 0 Å². The Bertz CT molecular complexity index is 1110. The van der Waals surface area contributed by atoms with Gasteiger partial charge in [0.15, 0.2) is 36.6 Å². The molecule has 12 heteroatoms. The molecule has 420 valence electrons. The Morgan fingerprint density at radius 3 is 0.431 bits per heavy atom. The van der Waals surface area contributed by atoms with Gasteiger partial charge < -0.3 is 28.4 Å². The zero-order valence-corrected chi connectivity index (χ0v) is 47.1. The summed E-state index contributed by atoms with van der Waals surface area (Å²) in [6.45, 7) is 12.9. The van der Waals surface area contributed by atoms with Gasteiger partial charge in [-0.05, 0) is 38.5 Å². The highest BCUT2D eigenvalue weighted by atomic mass is 16.7. The van der Waals surface area contributed by atoms with Crippen LogP contribution in [0.15, 0.2) is 0 Å². The summed E-state index contributed by atoms with van der Waals surface area (Å²) < 4.78 is 38.0. The van der Waals surface area contributed by atoms with Crippen LogP contribution in [0, 0.1) is 0 Å². The molecule has 12 nitrogen and oxygen atoms in total. The van der Waals surface area contributed by atoms with Gasteiger partial charge in [-0.3, -0.25) is 28.8 Å². The first-order chi connectivity index (χ1) is 35.1. The molecule has 0 aliphatic heterocycles. The predicted octanol–water partition coefficient (Wildman–Crippen LogP) is 16.0. The maximum absolute atomic E-state index is 14.1. The van der Waals surface area contributed by atoms with E-state index in [0.717, 1.165) is 193 Å². The monoisotopic (exact) mass is 1020 g/mol. The van der Waals surface area contributed by atoms with Crippen LogP contribution in [0.5, 0.6) is 0 Å². The van der Waals surface area contributed by atoms with Crippen molar-refractivity contribution in [3.05, 3.63) is 0 Å². The smallest absolute Gasteiger partial charge is 0.306 e. The van der Waals surface area contributed by atoms with Crippen molar-refractivity contribution in [3.63, 3.8) is 0 Å². The fourth-order valence-electron chi connectivity index (χ4n) is 9.49. The molecule has 0 aromatic carbocycles. The van der Waals surface area contributed by atoms with Crippen LogP contribution in [0.1, 0.15) is 311 Å². The first-order valence-corrected chi connectivity index (χ1v) is 30.2. The lowest BCUT2D eigenvalue weighted by molar-refractivity contribution is -0.262. The Balaban J connectivity index is 3.96. The van der Waals surface area contributed by atoms with Gasteiger partial charge in [0.25, 0.3) is 0 Å². The number of esters is 6. The quantitative estimate of drug-likeness (QED) is 0.0323. The molecule has 1 saturated carbocycles. The van der Waals surface area contributed by atoms with Gasteiger partial charge in [0.1, 0.15) is 0 Å². The lowest BCUT2D eigenvalue weighted by Gasteiger charge is -2.47. The van der Waals surface area contributed by atoms with Gasteiger partial charge in [-0.2, -0.15) is 0 Å². The van der Waals surface area contributed by atoms with Gasteiger partial charge in [0.2, 0.25) is 0 Å². The van der Waals surface area contributed by atoms with Crippen LogP contribution in [-0.4, -0.2) is 72.4 Å². The molecule has 72 heavy (non-hydrogen) atoms. The molecule has 0 N–H and O–H groups in total. The Hall–Kier alpha value is -3.18. The lowest BCUT2D eigenvalue weighted by Crippen LogP contribution is -2.69. The topological polar surface area (TPSA) is 158 Å². The Kier molecular flexibility index (Phi) is 43.0. The van der Waals surface area contributed by atoms with Crippen LogP contribution in [0.25, 0.3) is 0 Å². The van der Waals surface area contributed by atoms with Crippen LogP contribution in [0.2, 0.25) is 0 Å². The van der Waals surface area contributed by atoms with Crippen molar-refractivity contribution in [2.75, 3.05) is 0 Å². The third kappa shape index (κ3) is 33.6. The van der Waals surface area contributed by atoms with E-state index in [1.807, 2.05) is 0 Å². The molecule has 0 aromatic rings. The van der Waals surface area contributed by atoms with Crippen LogP contribution < -0.4 is 0 Å². The molecular formula is C60H108O12. The van der Waals surface area contributed by atoms with Crippen molar-refractivity contribution < 1.29 is 57.2 Å². The van der Waals surface area contributed by atoms with Crippen LogP contribution >= 0.6 is 0 Å². The normalized spacial score (nSPS) is 18.6. The zero-order chi connectivity index (χ0) is 52.9. The van der Waals surface area contributed by atoms with Crippen molar-refractivity contribution in [2.24, 2.45) is 0 Å². The highest BCUT2D eigenvalue weighted by molar-refractivity contribution is 5.74. The summed E-state index contributed by atoms with van der Waals surface area (Å²) in [5.74, 6) is -3.68. The Labute approximate surface area is 439 Å². The number of hydrogen-bond acceptors (Lipinski definition) is 12. The first kappa shape index (κ1) is 66.8. The minimum absolute atomic E-state index is 0.0428. The van der Waals surface area contributed by atoms with E-state index in [2.05, 4.69) is 41.5 Å². The summed E-state index contributed by atoms with van der Waals surface area (Å²) in [6.07, 6.45) is 24.3. The largest absolute Gasteiger partial charge is 0.454 e. The molecule has 0 bridgehead atoms. The van der Waals surface area contributed by atoms with Crippen molar-refractivity contribution in [2.45, 2.75) is 348 Å². The molecule has 0 atom stereocenters. The van der Waals surface area contributed by atoms with Crippen molar-refractivity contribution >= 4 is 35.8 Å². The number of ether oxygens (including phenoxy) is 6. The van der Waals surface area contributed by atoms with Gasteiger partial charge in [0.05, 0.1) is 0 Å². The maximum atomic E-state index is 14.1. The van der Waals surface area contributed by atoms with E-state index < -0.39 is 72.4 Å². The fourth-order valence-corrected chi connectivity index (χ4v) is 9.49. The average molecular weight is 1020 g/mol. The molecule has 0 amide bonds. The standard InChI is InChI=1S/C60H108O12/c1-7-13-19-25-31-37-43-49(61)67-55-56(68-50(62)44-38-32-26-20-14-8-2)58(70-52(64)46-40-34-28-22-16-10-4)60(72-54(66)48-42-36-30-24-18-12-6)59(71-53(65)47-41-35-29-23-17-11-5)57(55)69-51(63)45-39-33-27-21-15-9-3/h55-60H,7-48H2,1-6H3. The van der Waals surface area contributed by atoms with Crippen LogP contribution in [0.3, 0.4) is 0 Å². The summed E-state index contributed by atoms with van der Waals surface area (Å²) >= 11 is 0. The van der Waals surface area contributed by atoms with Crippen molar-refractivity contribution in [3.8, 4) is 0 Å². The van der Waals surface area contributed by atoms with Gasteiger partial charge in [-0.1, -0.05) is 234 Å². The molecule has 0 spiro atoms. The second-order valence-corrected chi connectivity index (χ2v) is 20.8. The summed E-state index contributed by atoms with van der Waals surface area (Å²) in [4.78, 5) is 84.5. The zero-order valence-electron chi connectivity index (χ0n) is 47.1. The third-order valence-corrected chi connectivity index (χ3v) is 14.0. The Morgan fingerprint density at radius 1 is 0.194 bits per heavy atom. The average Bonchev–Trinajstić information content (AvgIpc) is 3.36. The van der Waals surface area contributed by atoms with Gasteiger partial charge in [0, 0.05) is 38.5 Å². The minimum atomic E-state index is -1.55. The highest BCUT2D eigenvalue weighted by Crippen LogP contribution is 2.36. The Morgan fingerprint density at radius 2 is 0.306 bits per heavy atom. The summed E-state index contributed by atoms with van der Waals surface area (Å²) in [5.41, 5.74) is 0. The molecule has 0 radical (unpaired) electrons. The molecule has 1 fully saturated rings. The van der Waals surface area contributed by atoms with Crippen molar-refractivity contribution in [1.29, 1.82) is 0 Å². The number of unbranched alkanes of at least 4 members (excludes halogenated alkanes) is 30. The van der Waals surface area contributed by atoms with E-state index in [1.165, 1.54) is 0 Å². The van der Waals surface area contributed by atoms with Gasteiger partial charge in [-0.15, -0.1) is 0 Å². The molecular weight excluding hydrogens is 913 g/mol. The van der Waals surface area contributed by atoms with Crippen LogP contribution in [-0.2, 0) is 57.2 Å². The number of carbonyl (C=O) groups excluding carboxylic acids is 6. The van der Waals surface area contributed by atoms with E-state index in [-0.39, 0.29) is 38.5 Å². The second kappa shape index (κ2) is 46.4. The third-order valence-electron chi connectivity index (χ3n) is 14.0. The molecule has 0 heterocycles. The molecule has 0 aromatic heterocycles. The highest BCUT2D eigenvalue weighted by Gasteiger charge is 2.61. The maximum Gasteiger partial charge on any atom is 0.306 e. The van der Waals surface area contributed by atoms with E-state index in [4.69, 9.17) is 28.4 Å². The fraction of sp³-hybridized carbons (Fsp3) is 0.900. The van der Waals surface area contributed by atoms with E-state index in [0.29, 0.717) is 38.5 Å². The number of hydrogen-bond donors (Lipinski definition) is 0. The van der Waals surface area contributed by atoms with Crippen LogP contribution in [0.4, 0.5) is 0 Å². The lowest BCUT2D eigenvalue weighted by atomic mass is 9.83.